The van der Waals surface area contributed by atoms with Crippen molar-refractivity contribution in [2.24, 2.45) is 11.3 Å². The number of ether oxygens (including phenoxy) is 2. The molecule has 28 heavy (non-hydrogen) atoms. The summed E-state index contributed by atoms with van der Waals surface area (Å²) < 4.78 is 12.7. The van der Waals surface area contributed by atoms with Gasteiger partial charge in [-0.1, -0.05) is 13.8 Å². The third-order valence-electron chi connectivity index (χ3n) is 7.70. The van der Waals surface area contributed by atoms with Crippen LogP contribution in [0, 0.1) is 11.3 Å². The molecule has 2 aliphatic heterocycles. The molecule has 1 saturated carbocycles. The van der Waals surface area contributed by atoms with Crippen molar-refractivity contribution < 1.29 is 19.4 Å². The molecule has 4 aliphatic rings. The van der Waals surface area contributed by atoms with E-state index in [1.165, 1.54) is 0 Å². The molecule has 0 aromatic heterocycles. The SMILES string of the molecule is CC1(C)OC2=C(C[C@@H]1Cl)C(=O)[C@H](Cl)[C@@H]1O[C@]3(C)CC[C@@H](Cl)C(C)(C)[C@H]3C[C@]21O. The molecule has 0 unspecified atom stereocenters. The molecule has 0 bridgehead atoms. The Morgan fingerprint density at radius 2 is 1.71 bits per heavy atom. The average Bonchev–Trinajstić information content (AvgIpc) is 2.60. The molecule has 0 aromatic carbocycles. The van der Waals surface area contributed by atoms with Crippen LogP contribution in [0.3, 0.4) is 0 Å². The number of carbonyl (C=O) groups excluding carboxylic acids is 1. The van der Waals surface area contributed by atoms with E-state index in [0.717, 1.165) is 12.8 Å². The lowest BCUT2D eigenvalue weighted by Crippen LogP contribution is -2.70. The Kier molecular flexibility index (Phi) is 4.75. The van der Waals surface area contributed by atoms with Gasteiger partial charge in [0.05, 0.1) is 11.0 Å². The number of halogens is 3. The standard InChI is InChI=1S/C21H29Cl3O4/c1-18(2)11-9-21(26)16-10(8-13(23)19(3,4)27-16)15(25)14(24)17(21)28-20(11,5)7-6-12(18)22/h11-14,17,26H,6-9H2,1-5H3/t11-,12-,13+,14+,17+,20-,21+/m1/s1. The van der Waals surface area contributed by atoms with Gasteiger partial charge < -0.3 is 14.6 Å². The molecule has 0 radical (unpaired) electrons. The van der Waals surface area contributed by atoms with Gasteiger partial charge in [0.1, 0.15) is 22.8 Å². The zero-order valence-electron chi connectivity index (χ0n) is 17.0. The van der Waals surface area contributed by atoms with Crippen molar-refractivity contribution in [3.8, 4) is 0 Å². The second-order valence-electron chi connectivity index (χ2n) is 10.3. The highest BCUT2D eigenvalue weighted by molar-refractivity contribution is 6.35. The van der Waals surface area contributed by atoms with Gasteiger partial charge in [0.25, 0.3) is 0 Å². The summed E-state index contributed by atoms with van der Waals surface area (Å²) in [7, 11) is 0. The van der Waals surface area contributed by atoms with Crippen LogP contribution in [0.25, 0.3) is 0 Å². The van der Waals surface area contributed by atoms with Gasteiger partial charge in [-0.2, -0.15) is 0 Å². The third kappa shape index (κ3) is 2.74. The van der Waals surface area contributed by atoms with Crippen LogP contribution in [0.15, 0.2) is 11.3 Å². The quantitative estimate of drug-likeness (QED) is 0.549. The number of allylic oxidation sites excluding steroid dienone is 1. The molecule has 1 N–H and O–H groups in total. The molecule has 0 spiro atoms. The lowest BCUT2D eigenvalue weighted by atomic mass is 9.55. The Hall–Kier alpha value is -0.0000000000000000208. The van der Waals surface area contributed by atoms with Gasteiger partial charge >= 0.3 is 0 Å². The van der Waals surface area contributed by atoms with E-state index in [0.29, 0.717) is 24.2 Å². The molecule has 2 fully saturated rings. The minimum Gasteiger partial charge on any atom is -0.487 e. The third-order valence-corrected chi connectivity index (χ3v) is 9.59. The molecule has 0 aromatic rings. The van der Waals surface area contributed by atoms with Gasteiger partial charge in [-0.3, -0.25) is 4.79 Å². The van der Waals surface area contributed by atoms with E-state index in [-0.39, 0.29) is 27.9 Å². The van der Waals surface area contributed by atoms with E-state index in [4.69, 9.17) is 44.3 Å². The van der Waals surface area contributed by atoms with Crippen LogP contribution in [-0.2, 0) is 14.3 Å². The number of alkyl halides is 3. The molecule has 4 rings (SSSR count). The van der Waals surface area contributed by atoms with Crippen molar-refractivity contribution in [2.45, 2.75) is 99.3 Å². The van der Waals surface area contributed by atoms with E-state index >= 15 is 0 Å². The van der Waals surface area contributed by atoms with Gasteiger partial charge in [0.2, 0.25) is 0 Å². The summed E-state index contributed by atoms with van der Waals surface area (Å²) in [5, 5.41) is 10.6. The zero-order valence-corrected chi connectivity index (χ0v) is 19.3. The monoisotopic (exact) mass is 450 g/mol. The number of Topliss-reactive ketones (excluding diaryl/α,β-unsaturated/α-hetero) is 1. The predicted molar refractivity (Wildman–Crippen MR) is 110 cm³/mol. The number of hydrogen-bond acceptors (Lipinski definition) is 4. The summed E-state index contributed by atoms with van der Waals surface area (Å²) >= 11 is 19.7. The Morgan fingerprint density at radius 1 is 1.07 bits per heavy atom. The molecule has 4 nitrogen and oxygen atoms in total. The number of carbonyl (C=O) groups is 1. The highest BCUT2D eigenvalue weighted by Crippen LogP contribution is 2.60. The van der Waals surface area contributed by atoms with Crippen LogP contribution < -0.4 is 0 Å². The van der Waals surface area contributed by atoms with Crippen LogP contribution >= 0.6 is 34.8 Å². The van der Waals surface area contributed by atoms with E-state index in [1.54, 1.807) is 0 Å². The summed E-state index contributed by atoms with van der Waals surface area (Å²) in [6.45, 7) is 10.1. The first kappa shape index (κ1) is 21.2. The van der Waals surface area contributed by atoms with Gasteiger partial charge in [0, 0.05) is 11.0 Å². The summed E-state index contributed by atoms with van der Waals surface area (Å²) in [5.74, 6) is 0.0411. The molecule has 7 heteroatoms. The lowest BCUT2D eigenvalue weighted by Gasteiger charge is -2.62. The highest BCUT2D eigenvalue weighted by atomic mass is 35.5. The first-order valence-electron chi connectivity index (χ1n) is 10.0. The Labute approximate surface area is 181 Å². The van der Waals surface area contributed by atoms with Crippen LogP contribution in [0.4, 0.5) is 0 Å². The fraction of sp³-hybridized carbons (Fsp3) is 0.857. The van der Waals surface area contributed by atoms with Crippen molar-refractivity contribution in [1.29, 1.82) is 0 Å². The first-order chi connectivity index (χ1) is 12.7. The highest BCUT2D eigenvalue weighted by Gasteiger charge is 2.67. The minimum absolute atomic E-state index is 0.0104. The largest absolute Gasteiger partial charge is 0.487 e. The van der Waals surface area contributed by atoms with E-state index in [9.17, 15) is 9.90 Å². The number of rotatable bonds is 0. The van der Waals surface area contributed by atoms with Gasteiger partial charge in [-0.15, -0.1) is 34.8 Å². The zero-order chi connectivity index (χ0) is 20.9. The van der Waals surface area contributed by atoms with Crippen molar-refractivity contribution in [1.82, 2.24) is 0 Å². The lowest BCUT2D eigenvalue weighted by molar-refractivity contribution is -0.271. The van der Waals surface area contributed by atoms with Crippen LogP contribution in [0.5, 0.6) is 0 Å². The van der Waals surface area contributed by atoms with Gasteiger partial charge in [0.15, 0.2) is 11.4 Å². The molecule has 2 heterocycles. The van der Waals surface area contributed by atoms with Crippen molar-refractivity contribution in [2.75, 3.05) is 0 Å². The van der Waals surface area contributed by atoms with Crippen LogP contribution in [0.2, 0.25) is 0 Å². The van der Waals surface area contributed by atoms with Crippen molar-refractivity contribution in [3.05, 3.63) is 11.3 Å². The number of ketones is 1. The predicted octanol–water partition coefficient (Wildman–Crippen LogP) is 4.56. The van der Waals surface area contributed by atoms with E-state index in [2.05, 4.69) is 20.8 Å². The Balaban J connectivity index is 1.84. The molecule has 0 amide bonds. The van der Waals surface area contributed by atoms with Crippen LogP contribution in [0.1, 0.15) is 60.3 Å². The number of aliphatic hydroxyl groups is 1. The molecular formula is C21H29Cl3O4. The van der Waals surface area contributed by atoms with Crippen LogP contribution in [-0.4, -0.2) is 49.9 Å². The second-order valence-corrected chi connectivity index (χ2v) is 11.8. The van der Waals surface area contributed by atoms with Gasteiger partial charge in [-0.05, 0) is 57.8 Å². The number of fused-ring (bicyclic) bond motifs is 3. The van der Waals surface area contributed by atoms with Gasteiger partial charge in [-0.25, -0.2) is 0 Å². The summed E-state index contributed by atoms with van der Waals surface area (Å²) in [6.07, 6.45) is 1.44. The molecule has 7 atom stereocenters. The summed E-state index contributed by atoms with van der Waals surface area (Å²) in [6, 6.07) is 0. The second kappa shape index (κ2) is 6.26. The summed E-state index contributed by atoms with van der Waals surface area (Å²) in [4.78, 5) is 13.0. The Bertz CT molecular complexity index is 748. The summed E-state index contributed by atoms with van der Waals surface area (Å²) in [5.41, 5.74) is -2.53. The first-order valence-corrected chi connectivity index (χ1v) is 11.3. The minimum atomic E-state index is -1.47. The fourth-order valence-corrected chi connectivity index (χ4v) is 6.55. The maximum atomic E-state index is 13.0. The van der Waals surface area contributed by atoms with E-state index in [1.807, 2.05) is 13.8 Å². The van der Waals surface area contributed by atoms with Crippen molar-refractivity contribution >= 4 is 40.6 Å². The van der Waals surface area contributed by atoms with E-state index < -0.39 is 28.3 Å². The Morgan fingerprint density at radius 3 is 2.36 bits per heavy atom. The molecule has 1 saturated heterocycles. The normalized spacial score (nSPS) is 49.6. The molecular weight excluding hydrogens is 423 g/mol. The number of hydrogen-bond donors (Lipinski definition) is 1. The molecule has 2 aliphatic carbocycles. The maximum absolute atomic E-state index is 13.0. The molecule has 158 valence electrons. The van der Waals surface area contributed by atoms with Crippen molar-refractivity contribution in [3.63, 3.8) is 0 Å². The smallest absolute Gasteiger partial charge is 0.182 e. The topological polar surface area (TPSA) is 55.8 Å². The maximum Gasteiger partial charge on any atom is 0.182 e. The average molecular weight is 452 g/mol. The fourth-order valence-electron chi connectivity index (χ4n) is 5.70.